The molecule has 3 heterocycles. The van der Waals surface area contributed by atoms with Gasteiger partial charge >= 0.3 is 5.97 Å². The number of carbonyl (C=O) groups excluding carboxylic acids is 2. The van der Waals surface area contributed by atoms with Gasteiger partial charge in [-0.3, -0.25) is 29.8 Å². The standard InChI is InChI=1S/C29H23N3O7/c1-16-6-2-4-8-20(16)31-26(33)23-24(27(31)34)29(28(35)36,15-17-10-12-19(13-11-17)32(37)38)30-25(23)22-14-18-7-3-5-9-21(18)39-22/h2-14,23-25,30H,15H2,1H3,(H,35,36). The van der Waals surface area contributed by atoms with E-state index in [4.69, 9.17) is 4.42 Å². The van der Waals surface area contributed by atoms with E-state index in [1.807, 2.05) is 12.1 Å². The number of fused-ring (bicyclic) bond motifs is 2. The first-order valence-corrected chi connectivity index (χ1v) is 12.4. The van der Waals surface area contributed by atoms with E-state index in [0.717, 1.165) is 10.3 Å². The lowest BCUT2D eigenvalue weighted by Gasteiger charge is -2.31. The fourth-order valence-electron chi connectivity index (χ4n) is 5.95. The van der Waals surface area contributed by atoms with Gasteiger partial charge in [0.05, 0.1) is 28.5 Å². The molecule has 0 bridgehead atoms. The van der Waals surface area contributed by atoms with Gasteiger partial charge < -0.3 is 9.52 Å². The van der Waals surface area contributed by atoms with Gasteiger partial charge in [-0.15, -0.1) is 0 Å². The number of furan rings is 1. The van der Waals surface area contributed by atoms with Crippen molar-refractivity contribution in [3.63, 3.8) is 0 Å². The summed E-state index contributed by atoms with van der Waals surface area (Å²) in [6, 6.07) is 20.6. The van der Waals surface area contributed by atoms with Crippen molar-refractivity contribution < 1.29 is 28.8 Å². The zero-order valence-corrected chi connectivity index (χ0v) is 20.7. The van der Waals surface area contributed by atoms with E-state index in [2.05, 4.69) is 5.32 Å². The molecule has 3 aromatic carbocycles. The van der Waals surface area contributed by atoms with E-state index in [1.165, 1.54) is 24.3 Å². The lowest BCUT2D eigenvalue weighted by atomic mass is 9.76. The van der Waals surface area contributed by atoms with Gasteiger partial charge in [0.1, 0.15) is 16.9 Å². The number of hydrogen-bond donors (Lipinski definition) is 2. The molecule has 4 aromatic rings. The number of carboxylic acids is 1. The number of hydrogen-bond acceptors (Lipinski definition) is 7. The summed E-state index contributed by atoms with van der Waals surface area (Å²) in [6.45, 7) is 1.78. The van der Waals surface area contributed by atoms with Gasteiger partial charge in [0.25, 0.3) is 5.69 Å². The Morgan fingerprint density at radius 2 is 1.74 bits per heavy atom. The fourth-order valence-corrected chi connectivity index (χ4v) is 5.95. The third-order valence-corrected chi connectivity index (χ3v) is 7.77. The van der Waals surface area contributed by atoms with E-state index in [-0.39, 0.29) is 12.1 Å². The van der Waals surface area contributed by atoms with Crippen molar-refractivity contribution in [2.75, 3.05) is 4.90 Å². The molecule has 39 heavy (non-hydrogen) atoms. The number of aliphatic carboxylic acids is 1. The summed E-state index contributed by atoms with van der Waals surface area (Å²) in [7, 11) is 0. The normalized spacial score (nSPS) is 24.3. The molecule has 0 saturated carbocycles. The largest absolute Gasteiger partial charge is 0.480 e. The first-order chi connectivity index (χ1) is 18.7. The average Bonchev–Trinajstić information content (AvgIpc) is 3.57. The molecule has 196 valence electrons. The Morgan fingerprint density at radius 3 is 2.41 bits per heavy atom. The van der Waals surface area contributed by atoms with Crippen molar-refractivity contribution in [3.8, 4) is 0 Å². The predicted octanol–water partition coefficient (Wildman–Crippen LogP) is 4.17. The maximum atomic E-state index is 14.0. The number of imide groups is 1. The van der Waals surface area contributed by atoms with Crippen molar-refractivity contribution >= 4 is 40.1 Å². The van der Waals surface area contributed by atoms with E-state index in [9.17, 15) is 29.6 Å². The van der Waals surface area contributed by atoms with Crippen LogP contribution in [0.15, 0.2) is 83.3 Å². The second-order valence-electron chi connectivity index (χ2n) is 9.99. The molecule has 2 amide bonds. The van der Waals surface area contributed by atoms with Crippen molar-refractivity contribution in [3.05, 3.63) is 106 Å². The van der Waals surface area contributed by atoms with E-state index >= 15 is 0 Å². The van der Waals surface area contributed by atoms with Crippen molar-refractivity contribution in [2.24, 2.45) is 11.8 Å². The Morgan fingerprint density at radius 1 is 1.05 bits per heavy atom. The third-order valence-electron chi connectivity index (χ3n) is 7.77. The second kappa shape index (κ2) is 8.88. The van der Waals surface area contributed by atoms with Crippen LogP contribution >= 0.6 is 0 Å². The molecule has 0 aliphatic carbocycles. The molecule has 0 radical (unpaired) electrons. The number of nitrogens with one attached hydrogen (secondary N) is 1. The van der Waals surface area contributed by atoms with Gasteiger partial charge in [0.15, 0.2) is 0 Å². The Balaban J connectivity index is 1.50. The third kappa shape index (κ3) is 3.71. The molecule has 6 rings (SSSR count). The zero-order chi connectivity index (χ0) is 27.5. The predicted molar refractivity (Wildman–Crippen MR) is 140 cm³/mol. The summed E-state index contributed by atoms with van der Waals surface area (Å²) in [6.07, 6.45) is -0.182. The van der Waals surface area contributed by atoms with Crippen molar-refractivity contribution in [2.45, 2.75) is 24.9 Å². The van der Waals surface area contributed by atoms with Crippen LogP contribution in [0.2, 0.25) is 0 Å². The summed E-state index contributed by atoms with van der Waals surface area (Å²) in [5, 5.41) is 25.7. The summed E-state index contributed by atoms with van der Waals surface area (Å²) >= 11 is 0. The molecule has 2 N–H and O–H groups in total. The maximum Gasteiger partial charge on any atom is 0.325 e. The molecular weight excluding hydrogens is 502 g/mol. The number of nitrogens with zero attached hydrogens (tertiary/aromatic N) is 2. The van der Waals surface area contributed by atoms with Crippen LogP contribution in [0.3, 0.4) is 0 Å². The lowest BCUT2D eigenvalue weighted by Crippen LogP contribution is -2.57. The summed E-state index contributed by atoms with van der Waals surface area (Å²) in [4.78, 5) is 52.8. The van der Waals surface area contributed by atoms with Crippen molar-refractivity contribution in [1.29, 1.82) is 0 Å². The monoisotopic (exact) mass is 525 g/mol. The molecule has 2 aliphatic rings. The van der Waals surface area contributed by atoms with Gasteiger partial charge in [-0.05, 0) is 36.2 Å². The van der Waals surface area contributed by atoms with Gasteiger partial charge in [-0.2, -0.15) is 0 Å². The topological polar surface area (TPSA) is 143 Å². The molecule has 4 atom stereocenters. The average molecular weight is 526 g/mol. The highest BCUT2D eigenvalue weighted by molar-refractivity contribution is 6.24. The van der Waals surface area contributed by atoms with Crippen LogP contribution in [0.5, 0.6) is 0 Å². The minimum atomic E-state index is -1.88. The smallest absolute Gasteiger partial charge is 0.325 e. The van der Waals surface area contributed by atoms with Crippen LogP contribution in [0, 0.1) is 28.9 Å². The number of anilines is 1. The minimum Gasteiger partial charge on any atom is -0.480 e. The number of nitro groups is 1. The molecular formula is C29H23N3O7. The highest BCUT2D eigenvalue weighted by Gasteiger charge is 2.69. The summed E-state index contributed by atoms with van der Waals surface area (Å²) in [5.41, 5.74) is 0.117. The number of rotatable bonds is 6. The highest BCUT2D eigenvalue weighted by Crippen LogP contribution is 2.51. The minimum absolute atomic E-state index is 0.140. The SMILES string of the molecule is Cc1ccccc1N1C(=O)C2C(c3cc4ccccc4o3)NC(Cc3ccc([N+](=O)[O-])cc3)(C(=O)O)C2C1=O. The number of aryl methyl sites for hydroxylation is 1. The molecule has 1 aromatic heterocycles. The Kier molecular flexibility index (Phi) is 5.58. The molecule has 2 fully saturated rings. The van der Waals surface area contributed by atoms with Crippen LogP contribution in [-0.2, 0) is 20.8 Å². The second-order valence-corrected chi connectivity index (χ2v) is 9.99. The first kappa shape index (κ1) is 24.5. The zero-order valence-electron chi connectivity index (χ0n) is 20.7. The van der Waals surface area contributed by atoms with E-state index in [1.54, 1.807) is 49.4 Å². The highest BCUT2D eigenvalue weighted by atomic mass is 16.6. The van der Waals surface area contributed by atoms with Crippen LogP contribution in [0.1, 0.15) is 22.9 Å². The Hall–Kier alpha value is -4.83. The molecule has 2 saturated heterocycles. The summed E-state index contributed by atoms with van der Waals surface area (Å²) < 4.78 is 6.06. The fraction of sp³-hybridized carbons (Fsp3) is 0.207. The molecule has 2 aliphatic heterocycles. The van der Waals surface area contributed by atoms with Crippen LogP contribution in [0.4, 0.5) is 11.4 Å². The summed E-state index contributed by atoms with van der Waals surface area (Å²) in [5.74, 6) is -4.38. The van der Waals surface area contributed by atoms with Crippen LogP contribution < -0.4 is 10.2 Å². The van der Waals surface area contributed by atoms with Gasteiger partial charge in [0, 0.05) is 23.9 Å². The Bertz CT molecular complexity index is 1630. The van der Waals surface area contributed by atoms with Crippen LogP contribution in [0.25, 0.3) is 11.0 Å². The quantitative estimate of drug-likeness (QED) is 0.217. The molecule has 0 spiro atoms. The number of carbonyl (C=O) groups is 3. The molecule has 4 unspecified atom stereocenters. The van der Waals surface area contributed by atoms with Gasteiger partial charge in [0.2, 0.25) is 11.8 Å². The number of carboxylic acid groups (broad SMARTS) is 1. The maximum absolute atomic E-state index is 14.0. The number of para-hydroxylation sites is 2. The van der Waals surface area contributed by atoms with E-state index in [0.29, 0.717) is 28.2 Å². The molecule has 10 heteroatoms. The molecule has 10 nitrogen and oxygen atoms in total. The van der Waals surface area contributed by atoms with Crippen LogP contribution in [-0.4, -0.2) is 33.4 Å². The van der Waals surface area contributed by atoms with Gasteiger partial charge in [-0.1, -0.05) is 48.5 Å². The number of nitro benzene ring substituents is 1. The Labute approximate surface area is 222 Å². The number of non-ortho nitro benzene ring substituents is 1. The lowest BCUT2D eigenvalue weighted by molar-refractivity contribution is -0.384. The number of amides is 2. The van der Waals surface area contributed by atoms with Crippen molar-refractivity contribution in [1.82, 2.24) is 5.32 Å². The van der Waals surface area contributed by atoms with Gasteiger partial charge in [-0.25, -0.2) is 4.90 Å². The van der Waals surface area contributed by atoms with E-state index < -0.39 is 46.1 Å². The number of benzene rings is 3. The first-order valence-electron chi connectivity index (χ1n) is 12.4.